The smallest absolute Gasteiger partial charge is 0.217 e. The van der Waals surface area contributed by atoms with Crippen molar-refractivity contribution >= 4 is 5.91 Å². The van der Waals surface area contributed by atoms with Crippen molar-refractivity contribution in [2.24, 2.45) is 0 Å². The van der Waals surface area contributed by atoms with Crippen LogP contribution in [0.1, 0.15) is 42.8 Å². The van der Waals surface area contributed by atoms with Gasteiger partial charge in [-0.2, -0.15) is 0 Å². The molecule has 1 aromatic carbocycles. The fraction of sp³-hybridized carbons (Fsp3) is 0.368. The molecule has 1 saturated heterocycles. The van der Waals surface area contributed by atoms with Crippen molar-refractivity contribution in [2.75, 3.05) is 6.54 Å². The number of pyridine rings is 1. The van der Waals surface area contributed by atoms with E-state index < -0.39 is 11.6 Å². The van der Waals surface area contributed by atoms with Gasteiger partial charge in [-0.25, -0.2) is 8.78 Å². The molecule has 0 saturated carbocycles. The fourth-order valence-corrected chi connectivity index (χ4v) is 3.22. The quantitative estimate of drug-likeness (QED) is 0.904. The zero-order chi connectivity index (χ0) is 17.8. The standard InChI is InChI=1S/C19H21F2N3O/c1-13(25)22-11-15-4-2-5-18(23-15)19-6-3-9-24(19)12-14-7-8-16(20)17(21)10-14/h2,4-5,7-8,10,19H,3,6,9,11-12H2,1H3,(H,22,25)/t19-/m1/s1. The highest BCUT2D eigenvalue weighted by Crippen LogP contribution is 2.32. The summed E-state index contributed by atoms with van der Waals surface area (Å²) in [5.74, 6) is -1.73. The van der Waals surface area contributed by atoms with E-state index in [2.05, 4.69) is 15.2 Å². The van der Waals surface area contributed by atoms with E-state index in [4.69, 9.17) is 0 Å². The monoisotopic (exact) mass is 345 g/mol. The van der Waals surface area contributed by atoms with Gasteiger partial charge in [0.1, 0.15) is 0 Å². The number of benzene rings is 1. The van der Waals surface area contributed by atoms with E-state index in [0.29, 0.717) is 13.1 Å². The van der Waals surface area contributed by atoms with Gasteiger partial charge in [0, 0.05) is 13.5 Å². The van der Waals surface area contributed by atoms with Gasteiger partial charge in [-0.1, -0.05) is 12.1 Å². The van der Waals surface area contributed by atoms with Crippen LogP contribution in [0.15, 0.2) is 36.4 Å². The second-order valence-corrected chi connectivity index (χ2v) is 6.34. The summed E-state index contributed by atoms with van der Waals surface area (Å²) in [6.07, 6.45) is 2.01. The molecule has 0 bridgehead atoms. The maximum atomic E-state index is 13.4. The van der Waals surface area contributed by atoms with Gasteiger partial charge >= 0.3 is 0 Å². The lowest BCUT2D eigenvalue weighted by Gasteiger charge is -2.24. The number of hydrogen-bond acceptors (Lipinski definition) is 3. The Morgan fingerprint density at radius 2 is 2.12 bits per heavy atom. The van der Waals surface area contributed by atoms with Crippen LogP contribution in [0.3, 0.4) is 0 Å². The van der Waals surface area contributed by atoms with Crippen molar-refractivity contribution in [3.8, 4) is 0 Å². The molecule has 1 fully saturated rings. The van der Waals surface area contributed by atoms with E-state index in [1.165, 1.54) is 19.1 Å². The van der Waals surface area contributed by atoms with Gasteiger partial charge in [0.15, 0.2) is 11.6 Å². The molecule has 1 amide bonds. The number of amides is 1. The number of carbonyl (C=O) groups is 1. The maximum Gasteiger partial charge on any atom is 0.217 e. The van der Waals surface area contributed by atoms with Crippen LogP contribution < -0.4 is 5.32 Å². The molecule has 0 aliphatic carbocycles. The molecule has 2 aromatic rings. The van der Waals surface area contributed by atoms with Crippen molar-refractivity contribution < 1.29 is 13.6 Å². The summed E-state index contributed by atoms with van der Waals surface area (Å²) in [6, 6.07) is 9.99. The molecule has 6 heteroatoms. The Morgan fingerprint density at radius 3 is 2.88 bits per heavy atom. The Hall–Kier alpha value is -2.34. The molecule has 1 aliphatic heterocycles. The molecule has 1 N–H and O–H groups in total. The van der Waals surface area contributed by atoms with E-state index in [1.807, 2.05) is 18.2 Å². The Balaban J connectivity index is 1.73. The van der Waals surface area contributed by atoms with Crippen molar-refractivity contribution in [2.45, 2.75) is 38.9 Å². The fourth-order valence-electron chi connectivity index (χ4n) is 3.22. The molecule has 25 heavy (non-hydrogen) atoms. The van der Waals surface area contributed by atoms with Crippen LogP contribution in [-0.2, 0) is 17.9 Å². The Bertz CT molecular complexity index is 766. The number of aromatic nitrogens is 1. The minimum Gasteiger partial charge on any atom is -0.351 e. The molecule has 0 radical (unpaired) electrons. The van der Waals surface area contributed by atoms with Crippen molar-refractivity contribution in [1.29, 1.82) is 0 Å². The van der Waals surface area contributed by atoms with Gasteiger partial charge in [-0.3, -0.25) is 14.7 Å². The molecule has 1 aliphatic rings. The van der Waals surface area contributed by atoms with Crippen LogP contribution in [0.4, 0.5) is 8.78 Å². The van der Waals surface area contributed by atoms with Gasteiger partial charge in [-0.15, -0.1) is 0 Å². The predicted molar refractivity (Wildman–Crippen MR) is 90.5 cm³/mol. The minimum atomic E-state index is -0.825. The van der Waals surface area contributed by atoms with E-state index in [0.717, 1.165) is 36.3 Å². The average Bonchev–Trinajstić information content (AvgIpc) is 3.05. The lowest BCUT2D eigenvalue weighted by atomic mass is 10.1. The molecular weight excluding hydrogens is 324 g/mol. The van der Waals surface area contributed by atoms with Crippen molar-refractivity contribution in [3.63, 3.8) is 0 Å². The number of nitrogens with one attached hydrogen (secondary N) is 1. The summed E-state index contributed by atoms with van der Waals surface area (Å²) in [4.78, 5) is 18.0. The van der Waals surface area contributed by atoms with Gasteiger partial charge in [0.05, 0.1) is 24.0 Å². The van der Waals surface area contributed by atoms with Crippen LogP contribution in [0.2, 0.25) is 0 Å². The van der Waals surface area contributed by atoms with Gasteiger partial charge in [-0.05, 0) is 49.2 Å². The molecule has 2 heterocycles. The largest absolute Gasteiger partial charge is 0.351 e. The van der Waals surface area contributed by atoms with Crippen LogP contribution in [-0.4, -0.2) is 22.3 Å². The highest BCUT2D eigenvalue weighted by molar-refractivity contribution is 5.72. The number of likely N-dealkylation sites (tertiary alicyclic amines) is 1. The summed E-state index contributed by atoms with van der Waals surface area (Å²) < 4.78 is 26.5. The zero-order valence-corrected chi connectivity index (χ0v) is 14.1. The first-order chi connectivity index (χ1) is 12.0. The Morgan fingerprint density at radius 1 is 1.28 bits per heavy atom. The third-order valence-electron chi connectivity index (χ3n) is 4.42. The second kappa shape index (κ2) is 7.70. The summed E-state index contributed by atoms with van der Waals surface area (Å²) in [6.45, 7) is 3.32. The summed E-state index contributed by atoms with van der Waals surface area (Å²) in [5, 5.41) is 2.75. The second-order valence-electron chi connectivity index (χ2n) is 6.34. The molecule has 0 unspecified atom stereocenters. The maximum absolute atomic E-state index is 13.4. The van der Waals surface area contributed by atoms with E-state index in [1.54, 1.807) is 6.07 Å². The average molecular weight is 345 g/mol. The summed E-state index contributed by atoms with van der Waals surface area (Å²) in [5.41, 5.74) is 2.51. The number of halogens is 2. The summed E-state index contributed by atoms with van der Waals surface area (Å²) >= 11 is 0. The van der Waals surface area contributed by atoms with Gasteiger partial charge < -0.3 is 5.32 Å². The van der Waals surface area contributed by atoms with Gasteiger partial charge in [0.25, 0.3) is 0 Å². The Labute approximate surface area is 145 Å². The molecular formula is C19H21F2N3O. The SMILES string of the molecule is CC(=O)NCc1cccc([C@H]2CCCN2Cc2ccc(F)c(F)c2)n1. The van der Waals surface area contributed by atoms with Crippen LogP contribution >= 0.6 is 0 Å². The number of hydrogen-bond donors (Lipinski definition) is 1. The molecule has 1 atom stereocenters. The molecule has 4 nitrogen and oxygen atoms in total. The first-order valence-corrected chi connectivity index (χ1v) is 8.41. The minimum absolute atomic E-state index is 0.0898. The molecule has 0 spiro atoms. The number of nitrogens with zero attached hydrogens (tertiary/aromatic N) is 2. The molecule has 1 aromatic heterocycles. The highest BCUT2D eigenvalue weighted by Gasteiger charge is 2.27. The van der Waals surface area contributed by atoms with Gasteiger partial charge in [0.2, 0.25) is 5.91 Å². The van der Waals surface area contributed by atoms with Crippen LogP contribution in [0.5, 0.6) is 0 Å². The Kier molecular flexibility index (Phi) is 5.38. The first kappa shape index (κ1) is 17.5. The molecule has 132 valence electrons. The number of rotatable bonds is 5. The van der Waals surface area contributed by atoms with Crippen molar-refractivity contribution in [3.05, 3.63) is 65.0 Å². The highest BCUT2D eigenvalue weighted by atomic mass is 19.2. The third kappa shape index (κ3) is 4.39. The van der Waals surface area contributed by atoms with E-state index >= 15 is 0 Å². The van der Waals surface area contributed by atoms with Crippen LogP contribution in [0, 0.1) is 11.6 Å². The summed E-state index contributed by atoms with van der Waals surface area (Å²) in [7, 11) is 0. The zero-order valence-electron chi connectivity index (χ0n) is 14.1. The predicted octanol–water partition coefficient (Wildman–Crippen LogP) is 3.33. The van der Waals surface area contributed by atoms with E-state index in [9.17, 15) is 13.6 Å². The topological polar surface area (TPSA) is 45.2 Å². The third-order valence-corrected chi connectivity index (χ3v) is 4.42. The van der Waals surface area contributed by atoms with E-state index in [-0.39, 0.29) is 11.9 Å². The lowest BCUT2D eigenvalue weighted by molar-refractivity contribution is -0.119. The number of carbonyl (C=O) groups excluding carboxylic acids is 1. The normalized spacial score (nSPS) is 17.6. The van der Waals surface area contributed by atoms with Crippen molar-refractivity contribution in [1.82, 2.24) is 15.2 Å². The molecule has 3 rings (SSSR count). The lowest BCUT2D eigenvalue weighted by Crippen LogP contribution is -2.24. The van der Waals surface area contributed by atoms with Crippen LogP contribution in [0.25, 0.3) is 0 Å². The first-order valence-electron chi connectivity index (χ1n) is 8.41.